The number of anilines is 1. The SMILES string of the molecule is Cl.O=C(NCc1ccnc(N2CCOCC2)c1)C1CCCN1. The molecule has 22 heavy (non-hydrogen) atoms. The van der Waals surface area contributed by atoms with Crippen molar-refractivity contribution in [2.75, 3.05) is 37.7 Å². The van der Waals surface area contributed by atoms with E-state index < -0.39 is 0 Å². The first kappa shape index (κ1) is 17.0. The molecule has 0 aromatic carbocycles. The van der Waals surface area contributed by atoms with Crippen LogP contribution in [-0.2, 0) is 16.1 Å². The molecule has 2 N–H and O–H groups in total. The number of amides is 1. The molecule has 3 rings (SSSR count). The van der Waals surface area contributed by atoms with Crippen LogP contribution in [0.5, 0.6) is 0 Å². The molecule has 6 nitrogen and oxygen atoms in total. The van der Waals surface area contributed by atoms with Gasteiger partial charge in [-0.1, -0.05) is 0 Å². The molecule has 0 bridgehead atoms. The third-order valence-corrected chi connectivity index (χ3v) is 3.99. The lowest BCUT2D eigenvalue weighted by Gasteiger charge is -2.28. The van der Waals surface area contributed by atoms with Crippen molar-refractivity contribution in [2.24, 2.45) is 0 Å². The van der Waals surface area contributed by atoms with Crippen LogP contribution in [0.15, 0.2) is 18.3 Å². The van der Waals surface area contributed by atoms with Gasteiger partial charge in [0.05, 0.1) is 19.3 Å². The van der Waals surface area contributed by atoms with Crippen molar-refractivity contribution in [1.29, 1.82) is 0 Å². The maximum absolute atomic E-state index is 12.0. The number of nitrogens with one attached hydrogen (secondary N) is 2. The number of carbonyl (C=O) groups excluding carboxylic acids is 1. The fraction of sp³-hybridized carbons (Fsp3) is 0.600. The number of carbonyl (C=O) groups is 1. The van der Waals surface area contributed by atoms with Gasteiger partial charge in [0, 0.05) is 25.8 Å². The first-order valence-corrected chi connectivity index (χ1v) is 7.61. The number of nitrogens with zero attached hydrogens (tertiary/aromatic N) is 2. The number of rotatable bonds is 4. The Morgan fingerprint density at radius 2 is 2.27 bits per heavy atom. The van der Waals surface area contributed by atoms with Crippen molar-refractivity contribution in [2.45, 2.75) is 25.4 Å². The van der Waals surface area contributed by atoms with Gasteiger partial charge in [-0.05, 0) is 37.1 Å². The minimum absolute atomic E-state index is 0. The Morgan fingerprint density at radius 3 is 3.00 bits per heavy atom. The number of ether oxygens (including phenoxy) is 1. The lowest BCUT2D eigenvalue weighted by molar-refractivity contribution is -0.122. The van der Waals surface area contributed by atoms with Crippen molar-refractivity contribution >= 4 is 24.1 Å². The molecule has 1 unspecified atom stereocenters. The van der Waals surface area contributed by atoms with Gasteiger partial charge in [0.1, 0.15) is 5.82 Å². The lowest BCUT2D eigenvalue weighted by Crippen LogP contribution is -2.40. The van der Waals surface area contributed by atoms with Crippen molar-refractivity contribution in [3.63, 3.8) is 0 Å². The van der Waals surface area contributed by atoms with Crippen LogP contribution in [0.25, 0.3) is 0 Å². The average molecular weight is 327 g/mol. The Bertz CT molecular complexity index is 488. The van der Waals surface area contributed by atoms with Crippen LogP contribution in [-0.4, -0.2) is 49.8 Å². The fourth-order valence-corrected chi connectivity index (χ4v) is 2.76. The first-order chi connectivity index (χ1) is 10.3. The van der Waals surface area contributed by atoms with E-state index >= 15 is 0 Å². The minimum Gasteiger partial charge on any atom is -0.378 e. The second kappa shape index (κ2) is 8.31. The summed E-state index contributed by atoms with van der Waals surface area (Å²) in [6.07, 6.45) is 3.82. The van der Waals surface area contributed by atoms with E-state index in [1.807, 2.05) is 12.1 Å². The molecule has 0 saturated carbocycles. The first-order valence-electron chi connectivity index (χ1n) is 7.61. The largest absolute Gasteiger partial charge is 0.378 e. The molecule has 122 valence electrons. The molecule has 1 aromatic rings. The highest BCUT2D eigenvalue weighted by atomic mass is 35.5. The standard InChI is InChI=1S/C15H22N4O2.ClH/c20-15(13-2-1-4-16-13)18-11-12-3-5-17-14(10-12)19-6-8-21-9-7-19;/h3,5,10,13,16H,1-2,4,6-9,11H2,(H,18,20);1H. The molecule has 0 aliphatic carbocycles. The highest BCUT2D eigenvalue weighted by molar-refractivity contribution is 5.85. The van der Waals surface area contributed by atoms with Crippen molar-refractivity contribution in [3.05, 3.63) is 23.9 Å². The maximum Gasteiger partial charge on any atom is 0.237 e. The predicted molar refractivity (Wildman–Crippen MR) is 87.4 cm³/mol. The van der Waals surface area contributed by atoms with Gasteiger partial charge >= 0.3 is 0 Å². The number of morpholine rings is 1. The molecule has 0 radical (unpaired) electrons. The molecule has 3 heterocycles. The van der Waals surface area contributed by atoms with Gasteiger partial charge in [-0.3, -0.25) is 4.79 Å². The third kappa shape index (κ3) is 4.32. The number of hydrogen-bond donors (Lipinski definition) is 2. The van der Waals surface area contributed by atoms with Gasteiger partial charge in [0.15, 0.2) is 0 Å². The molecule has 2 aliphatic heterocycles. The number of halogens is 1. The second-order valence-corrected chi connectivity index (χ2v) is 5.49. The zero-order valence-corrected chi connectivity index (χ0v) is 13.4. The topological polar surface area (TPSA) is 66.5 Å². The summed E-state index contributed by atoms with van der Waals surface area (Å²) in [7, 11) is 0. The smallest absolute Gasteiger partial charge is 0.237 e. The maximum atomic E-state index is 12.0. The van der Waals surface area contributed by atoms with Crippen LogP contribution in [0.2, 0.25) is 0 Å². The second-order valence-electron chi connectivity index (χ2n) is 5.49. The van der Waals surface area contributed by atoms with E-state index in [1.54, 1.807) is 6.20 Å². The quantitative estimate of drug-likeness (QED) is 0.853. The zero-order chi connectivity index (χ0) is 14.5. The predicted octanol–water partition coefficient (Wildman–Crippen LogP) is 0.708. The molecule has 2 saturated heterocycles. The molecule has 2 aliphatic rings. The normalized spacial score (nSPS) is 21.3. The lowest BCUT2D eigenvalue weighted by atomic mass is 10.2. The molecule has 1 amide bonds. The molecule has 1 aromatic heterocycles. The van der Waals surface area contributed by atoms with Crippen LogP contribution < -0.4 is 15.5 Å². The monoisotopic (exact) mass is 326 g/mol. The van der Waals surface area contributed by atoms with Crippen LogP contribution >= 0.6 is 12.4 Å². The van der Waals surface area contributed by atoms with Crippen molar-refractivity contribution < 1.29 is 9.53 Å². The third-order valence-electron chi connectivity index (χ3n) is 3.99. The van der Waals surface area contributed by atoms with E-state index in [4.69, 9.17) is 4.74 Å². The summed E-state index contributed by atoms with van der Waals surface area (Å²) < 4.78 is 5.35. The summed E-state index contributed by atoms with van der Waals surface area (Å²) in [5, 5.41) is 6.21. The van der Waals surface area contributed by atoms with E-state index in [1.165, 1.54) is 0 Å². The molecular formula is C15H23ClN4O2. The Labute approximate surface area is 137 Å². The summed E-state index contributed by atoms with van der Waals surface area (Å²) in [6, 6.07) is 3.98. The van der Waals surface area contributed by atoms with Crippen molar-refractivity contribution in [1.82, 2.24) is 15.6 Å². The summed E-state index contributed by atoms with van der Waals surface area (Å²) >= 11 is 0. The van der Waals surface area contributed by atoms with Crippen LogP contribution in [0.1, 0.15) is 18.4 Å². The number of pyridine rings is 1. The van der Waals surface area contributed by atoms with Crippen LogP contribution in [0, 0.1) is 0 Å². The Morgan fingerprint density at radius 1 is 1.45 bits per heavy atom. The zero-order valence-electron chi connectivity index (χ0n) is 12.6. The fourth-order valence-electron chi connectivity index (χ4n) is 2.76. The van der Waals surface area contributed by atoms with E-state index in [-0.39, 0.29) is 24.4 Å². The molecular weight excluding hydrogens is 304 g/mol. The summed E-state index contributed by atoms with van der Waals surface area (Å²) in [6.45, 7) is 4.72. The highest BCUT2D eigenvalue weighted by Gasteiger charge is 2.21. The Hall–Kier alpha value is -1.37. The van der Waals surface area contributed by atoms with Gasteiger partial charge < -0.3 is 20.3 Å². The number of aromatic nitrogens is 1. The minimum atomic E-state index is -0.0226. The van der Waals surface area contributed by atoms with E-state index in [0.29, 0.717) is 6.54 Å². The van der Waals surface area contributed by atoms with Crippen LogP contribution in [0.4, 0.5) is 5.82 Å². The molecule has 0 spiro atoms. The summed E-state index contributed by atoms with van der Waals surface area (Å²) in [5.41, 5.74) is 1.08. The number of hydrogen-bond acceptors (Lipinski definition) is 5. The van der Waals surface area contributed by atoms with Crippen molar-refractivity contribution in [3.8, 4) is 0 Å². The van der Waals surface area contributed by atoms with Gasteiger partial charge in [-0.25, -0.2) is 4.98 Å². The van der Waals surface area contributed by atoms with E-state index in [0.717, 1.165) is 57.1 Å². The van der Waals surface area contributed by atoms with Gasteiger partial charge in [0.2, 0.25) is 5.91 Å². The van der Waals surface area contributed by atoms with E-state index in [2.05, 4.69) is 20.5 Å². The Balaban J connectivity index is 0.00000176. The molecule has 1 atom stereocenters. The summed E-state index contributed by atoms with van der Waals surface area (Å²) in [5.74, 6) is 1.06. The molecule has 7 heteroatoms. The van der Waals surface area contributed by atoms with Crippen LogP contribution in [0.3, 0.4) is 0 Å². The average Bonchev–Trinajstić information content (AvgIpc) is 3.08. The van der Waals surface area contributed by atoms with Gasteiger partial charge in [0.25, 0.3) is 0 Å². The summed E-state index contributed by atoms with van der Waals surface area (Å²) in [4.78, 5) is 18.6. The van der Waals surface area contributed by atoms with E-state index in [9.17, 15) is 4.79 Å². The van der Waals surface area contributed by atoms with Gasteiger partial charge in [-0.2, -0.15) is 0 Å². The Kier molecular flexibility index (Phi) is 6.42. The molecule has 2 fully saturated rings. The van der Waals surface area contributed by atoms with Gasteiger partial charge in [-0.15, -0.1) is 12.4 Å². The highest BCUT2D eigenvalue weighted by Crippen LogP contribution is 2.14.